The van der Waals surface area contributed by atoms with Crippen molar-refractivity contribution in [2.45, 2.75) is 114 Å². The average Bonchev–Trinajstić information content (AvgIpc) is 2.45. The zero-order valence-electron chi connectivity index (χ0n) is 15.2. The molecule has 1 fully saturated rings. The van der Waals surface area contributed by atoms with Crippen LogP contribution in [0.2, 0.25) is 0 Å². The highest BCUT2D eigenvalue weighted by atomic mass is 14.1. The first kappa shape index (κ1) is 26.5. The minimum Gasteiger partial charge on any atom is -0.0683 e. The van der Waals surface area contributed by atoms with Gasteiger partial charge in [-0.1, -0.05) is 114 Å². The van der Waals surface area contributed by atoms with Gasteiger partial charge in [-0.15, -0.1) is 0 Å². The summed E-state index contributed by atoms with van der Waals surface area (Å²) in [5, 5.41) is 0. The third-order valence-electron chi connectivity index (χ3n) is 2.39. The Morgan fingerprint density at radius 3 is 1.06 bits per heavy atom. The number of rotatable bonds is 1. The lowest BCUT2D eigenvalue weighted by Gasteiger charge is -2.15. The Morgan fingerprint density at radius 1 is 0.667 bits per heavy atom. The second-order valence-corrected chi connectivity index (χ2v) is 4.45. The molecule has 0 radical (unpaired) electrons. The minimum absolute atomic E-state index is 1.04. The van der Waals surface area contributed by atoms with Crippen LogP contribution in [0.1, 0.15) is 114 Å². The summed E-state index contributed by atoms with van der Waals surface area (Å²) in [6.07, 6.45) is 11.3. The predicted octanol–water partition coefficient (Wildman–Crippen LogP) is 7.86. The van der Waals surface area contributed by atoms with Crippen molar-refractivity contribution in [1.82, 2.24) is 0 Å². The fraction of sp³-hybridized carbons (Fsp3) is 1.00. The lowest BCUT2D eigenvalue weighted by atomic mass is 9.91. The summed E-state index contributed by atoms with van der Waals surface area (Å²) in [6.45, 7) is 19.0. The van der Waals surface area contributed by atoms with E-state index in [0.29, 0.717) is 0 Å². The van der Waals surface area contributed by atoms with Gasteiger partial charge in [-0.25, -0.2) is 0 Å². The predicted molar refractivity (Wildman–Crippen MR) is 91.5 cm³/mol. The Labute approximate surface area is 120 Å². The SMILES string of the molecule is CC.CC.CC1CCCCC1.CCC.CCCC. The normalized spacial score (nSPS) is 13.2. The van der Waals surface area contributed by atoms with Crippen LogP contribution in [0, 0.1) is 5.92 Å². The van der Waals surface area contributed by atoms with Gasteiger partial charge in [0.15, 0.2) is 0 Å². The van der Waals surface area contributed by atoms with Crippen molar-refractivity contribution >= 4 is 0 Å². The fourth-order valence-corrected chi connectivity index (χ4v) is 1.31. The Kier molecular flexibility index (Phi) is 53.0. The molecular formula is C18H44. The van der Waals surface area contributed by atoms with Gasteiger partial charge in [0.1, 0.15) is 0 Å². The number of unbranched alkanes of at least 4 members (excludes halogenated alkanes) is 1. The molecule has 0 heteroatoms. The number of hydrogen-bond acceptors (Lipinski definition) is 0. The molecule has 0 atom stereocenters. The van der Waals surface area contributed by atoms with E-state index in [0.717, 1.165) is 5.92 Å². The van der Waals surface area contributed by atoms with E-state index in [-0.39, 0.29) is 0 Å². The molecule has 0 N–H and O–H groups in total. The molecule has 1 aliphatic rings. The highest BCUT2D eigenvalue weighted by Crippen LogP contribution is 2.22. The first-order valence-electron chi connectivity index (χ1n) is 8.72. The highest BCUT2D eigenvalue weighted by Gasteiger charge is 2.05. The van der Waals surface area contributed by atoms with E-state index in [1.165, 1.54) is 51.4 Å². The largest absolute Gasteiger partial charge is 0.0683 e. The molecule has 0 unspecified atom stereocenters. The van der Waals surface area contributed by atoms with Gasteiger partial charge in [-0.2, -0.15) is 0 Å². The Morgan fingerprint density at radius 2 is 0.944 bits per heavy atom. The van der Waals surface area contributed by atoms with Crippen LogP contribution < -0.4 is 0 Å². The van der Waals surface area contributed by atoms with Gasteiger partial charge in [-0.05, 0) is 5.92 Å². The van der Waals surface area contributed by atoms with E-state index in [4.69, 9.17) is 0 Å². The van der Waals surface area contributed by atoms with Gasteiger partial charge >= 0.3 is 0 Å². The molecular weight excluding hydrogens is 216 g/mol. The first-order chi connectivity index (χ1) is 8.72. The maximum Gasteiger partial charge on any atom is -0.0443 e. The summed E-state index contributed by atoms with van der Waals surface area (Å²) < 4.78 is 0. The zero-order chi connectivity index (χ0) is 15.2. The summed E-state index contributed by atoms with van der Waals surface area (Å²) in [5.41, 5.74) is 0. The zero-order valence-corrected chi connectivity index (χ0v) is 15.2. The van der Waals surface area contributed by atoms with Gasteiger partial charge in [0, 0.05) is 0 Å². The van der Waals surface area contributed by atoms with Crippen molar-refractivity contribution in [1.29, 1.82) is 0 Å². The van der Waals surface area contributed by atoms with Crippen molar-refractivity contribution < 1.29 is 0 Å². The second kappa shape index (κ2) is 36.0. The molecule has 0 spiro atoms. The lowest BCUT2D eigenvalue weighted by molar-refractivity contribution is 0.385. The molecule has 0 aromatic rings. The molecule has 0 aromatic carbocycles. The maximum atomic E-state index is 2.36. The average molecular weight is 261 g/mol. The molecule has 0 amide bonds. The quantitative estimate of drug-likeness (QED) is 0.450. The van der Waals surface area contributed by atoms with Gasteiger partial charge in [0.05, 0.1) is 0 Å². The van der Waals surface area contributed by atoms with E-state index >= 15 is 0 Å². The van der Waals surface area contributed by atoms with Crippen molar-refractivity contribution in [3.63, 3.8) is 0 Å². The van der Waals surface area contributed by atoms with E-state index in [2.05, 4.69) is 34.6 Å². The molecule has 0 aromatic heterocycles. The van der Waals surface area contributed by atoms with Gasteiger partial charge in [0.25, 0.3) is 0 Å². The first-order valence-corrected chi connectivity index (χ1v) is 8.72. The van der Waals surface area contributed by atoms with Crippen molar-refractivity contribution in [2.75, 3.05) is 0 Å². The smallest absolute Gasteiger partial charge is 0.0443 e. The minimum atomic E-state index is 1.04. The van der Waals surface area contributed by atoms with Gasteiger partial charge in [-0.3, -0.25) is 0 Å². The molecule has 1 saturated carbocycles. The molecule has 0 bridgehead atoms. The highest BCUT2D eigenvalue weighted by molar-refractivity contribution is 4.59. The summed E-state index contributed by atoms with van der Waals surface area (Å²) in [6, 6.07) is 0. The van der Waals surface area contributed by atoms with E-state index in [1.54, 1.807) is 0 Å². The van der Waals surface area contributed by atoms with E-state index < -0.39 is 0 Å². The maximum absolute atomic E-state index is 2.36. The molecule has 0 nitrogen and oxygen atoms in total. The van der Waals surface area contributed by atoms with Crippen LogP contribution in [0.5, 0.6) is 0 Å². The molecule has 18 heavy (non-hydrogen) atoms. The van der Waals surface area contributed by atoms with Crippen LogP contribution in [0.15, 0.2) is 0 Å². The Balaban J connectivity index is -0.0000000776. The summed E-state index contributed by atoms with van der Waals surface area (Å²) >= 11 is 0. The molecule has 1 rings (SSSR count). The van der Waals surface area contributed by atoms with Crippen molar-refractivity contribution in [2.24, 2.45) is 5.92 Å². The molecule has 116 valence electrons. The van der Waals surface area contributed by atoms with E-state index in [1.807, 2.05) is 27.7 Å². The Bertz CT molecular complexity index is 68.1. The summed E-state index contributed by atoms with van der Waals surface area (Å²) in [7, 11) is 0. The van der Waals surface area contributed by atoms with Crippen LogP contribution in [0.4, 0.5) is 0 Å². The third kappa shape index (κ3) is 44.4. The second-order valence-electron chi connectivity index (χ2n) is 4.45. The topological polar surface area (TPSA) is 0 Å². The van der Waals surface area contributed by atoms with Crippen LogP contribution in [-0.4, -0.2) is 0 Å². The molecule has 0 heterocycles. The summed E-state index contributed by atoms with van der Waals surface area (Å²) in [4.78, 5) is 0. The molecule has 0 saturated heterocycles. The number of hydrogen-bond donors (Lipinski definition) is 0. The summed E-state index contributed by atoms with van der Waals surface area (Å²) in [5.74, 6) is 1.04. The standard InChI is InChI=1S/C7H14.C4H10.C3H8.2C2H6/c1-7-5-3-2-4-6-7;1-3-4-2;1-3-2;2*1-2/h7H,2-6H2,1H3;3-4H2,1-2H3;3H2,1-2H3;2*1-2H3. The van der Waals surface area contributed by atoms with E-state index in [9.17, 15) is 0 Å². The van der Waals surface area contributed by atoms with Crippen LogP contribution in [0.25, 0.3) is 0 Å². The van der Waals surface area contributed by atoms with Crippen LogP contribution in [-0.2, 0) is 0 Å². The van der Waals surface area contributed by atoms with Crippen molar-refractivity contribution in [3.05, 3.63) is 0 Å². The van der Waals surface area contributed by atoms with Crippen molar-refractivity contribution in [3.8, 4) is 0 Å². The van der Waals surface area contributed by atoms with Crippen LogP contribution >= 0.6 is 0 Å². The molecule has 0 aliphatic heterocycles. The van der Waals surface area contributed by atoms with Gasteiger partial charge in [0.2, 0.25) is 0 Å². The van der Waals surface area contributed by atoms with Gasteiger partial charge < -0.3 is 0 Å². The Hall–Kier alpha value is 0. The monoisotopic (exact) mass is 260 g/mol. The fourth-order valence-electron chi connectivity index (χ4n) is 1.31. The molecule has 1 aliphatic carbocycles. The third-order valence-corrected chi connectivity index (χ3v) is 2.39. The van der Waals surface area contributed by atoms with Crippen LogP contribution in [0.3, 0.4) is 0 Å². The lowest BCUT2D eigenvalue weighted by Crippen LogP contribution is -1.99.